The van der Waals surface area contributed by atoms with Gasteiger partial charge in [-0.15, -0.1) is 11.3 Å². The van der Waals surface area contributed by atoms with Crippen LogP contribution in [0.5, 0.6) is 0 Å². The molecule has 24 heavy (non-hydrogen) atoms. The first-order valence-corrected chi connectivity index (χ1v) is 8.16. The average molecular weight is 332 g/mol. The maximum absolute atomic E-state index is 9.44. The highest BCUT2D eigenvalue weighted by atomic mass is 32.1. The fourth-order valence-electron chi connectivity index (χ4n) is 2.93. The van der Waals surface area contributed by atoms with Crippen LogP contribution in [-0.4, -0.2) is 15.2 Å². The van der Waals surface area contributed by atoms with Crippen LogP contribution >= 0.6 is 11.3 Å². The summed E-state index contributed by atoms with van der Waals surface area (Å²) < 4.78 is 0.947. The standard InChI is InChI=1S/C19H12N2O2S/c20-8-11-5-6-15(14-4-2-1-3-13(11)14)16-10-21-9-12-7-17(19(22)23)24-18(12)16/h1-7,9-10,19,22-23H. The third-order valence-electron chi connectivity index (χ3n) is 4.03. The third kappa shape index (κ3) is 2.25. The summed E-state index contributed by atoms with van der Waals surface area (Å²) in [6, 6.07) is 15.5. The first kappa shape index (κ1) is 14.8. The minimum atomic E-state index is -1.49. The summed E-state index contributed by atoms with van der Waals surface area (Å²) in [7, 11) is 0. The zero-order valence-corrected chi connectivity index (χ0v) is 13.3. The molecule has 0 saturated carbocycles. The summed E-state index contributed by atoms with van der Waals surface area (Å²) in [6.07, 6.45) is 2.00. The summed E-state index contributed by atoms with van der Waals surface area (Å²) in [5, 5.41) is 30.9. The predicted octanol–water partition coefficient (Wildman–Crippen LogP) is 3.97. The van der Waals surface area contributed by atoms with Crippen LogP contribution in [0.3, 0.4) is 0 Å². The second-order valence-electron chi connectivity index (χ2n) is 5.45. The van der Waals surface area contributed by atoms with Gasteiger partial charge in [-0.25, -0.2) is 0 Å². The molecule has 0 atom stereocenters. The Morgan fingerprint density at radius 3 is 2.54 bits per heavy atom. The molecule has 2 N–H and O–H groups in total. The first-order valence-electron chi connectivity index (χ1n) is 7.35. The third-order valence-corrected chi connectivity index (χ3v) is 5.26. The second-order valence-corrected chi connectivity index (χ2v) is 6.53. The number of pyridine rings is 1. The second kappa shape index (κ2) is 5.69. The highest BCUT2D eigenvalue weighted by molar-refractivity contribution is 7.19. The van der Waals surface area contributed by atoms with Crippen LogP contribution in [0.4, 0.5) is 0 Å². The molecule has 4 aromatic rings. The summed E-state index contributed by atoms with van der Waals surface area (Å²) >= 11 is 1.34. The fraction of sp³-hybridized carbons (Fsp3) is 0.0526. The number of hydrogen-bond acceptors (Lipinski definition) is 5. The van der Waals surface area contributed by atoms with Crippen molar-refractivity contribution in [3.05, 3.63) is 65.3 Å². The number of thiophene rings is 1. The Bertz CT molecular complexity index is 1110. The minimum Gasteiger partial charge on any atom is -0.364 e. The zero-order valence-electron chi connectivity index (χ0n) is 12.5. The molecule has 4 rings (SSSR count). The van der Waals surface area contributed by atoms with E-state index >= 15 is 0 Å². The minimum absolute atomic E-state index is 0.484. The van der Waals surface area contributed by atoms with Gasteiger partial charge in [0.25, 0.3) is 0 Å². The molecule has 0 fully saturated rings. The van der Waals surface area contributed by atoms with E-state index < -0.39 is 6.29 Å². The lowest BCUT2D eigenvalue weighted by molar-refractivity contribution is -0.0394. The Morgan fingerprint density at radius 2 is 1.79 bits per heavy atom. The van der Waals surface area contributed by atoms with Gasteiger partial charge in [0.1, 0.15) is 0 Å². The van der Waals surface area contributed by atoms with Gasteiger partial charge in [0.05, 0.1) is 16.5 Å². The number of aromatic nitrogens is 1. The highest BCUT2D eigenvalue weighted by Gasteiger charge is 2.14. The SMILES string of the molecule is N#Cc1ccc(-c2cncc3cc(C(O)O)sc23)c2ccccc12. The lowest BCUT2D eigenvalue weighted by Gasteiger charge is -2.09. The summed E-state index contributed by atoms with van der Waals surface area (Å²) in [5.74, 6) is 0. The van der Waals surface area contributed by atoms with E-state index in [1.807, 2.05) is 36.4 Å². The topological polar surface area (TPSA) is 77.1 Å². The van der Waals surface area contributed by atoms with Crippen LogP contribution in [-0.2, 0) is 0 Å². The summed E-state index contributed by atoms with van der Waals surface area (Å²) in [6.45, 7) is 0. The van der Waals surface area contributed by atoms with Crippen molar-refractivity contribution in [3.8, 4) is 17.2 Å². The quantitative estimate of drug-likeness (QED) is 0.545. The predicted molar refractivity (Wildman–Crippen MR) is 94.5 cm³/mol. The van der Waals surface area contributed by atoms with E-state index in [0.29, 0.717) is 10.4 Å². The van der Waals surface area contributed by atoms with E-state index in [1.165, 1.54) is 11.3 Å². The van der Waals surface area contributed by atoms with Crippen molar-refractivity contribution in [2.75, 3.05) is 0 Å². The molecule has 4 nitrogen and oxygen atoms in total. The van der Waals surface area contributed by atoms with Gasteiger partial charge in [-0.1, -0.05) is 30.3 Å². The Morgan fingerprint density at radius 1 is 1.00 bits per heavy atom. The number of rotatable bonds is 2. The van der Waals surface area contributed by atoms with Crippen LogP contribution in [0.1, 0.15) is 16.7 Å². The van der Waals surface area contributed by atoms with Crippen molar-refractivity contribution in [1.29, 1.82) is 5.26 Å². The lowest BCUT2D eigenvalue weighted by atomic mass is 9.96. The van der Waals surface area contributed by atoms with Gasteiger partial charge >= 0.3 is 0 Å². The molecule has 0 bridgehead atoms. The van der Waals surface area contributed by atoms with Gasteiger partial charge in [0.15, 0.2) is 6.29 Å². The molecule has 2 aromatic heterocycles. The monoisotopic (exact) mass is 332 g/mol. The zero-order chi connectivity index (χ0) is 16.7. The molecule has 5 heteroatoms. The van der Waals surface area contributed by atoms with Crippen molar-refractivity contribution < 1.29 is 10.2 Å². The molecule has 2 aromatic carbocycles. The van der Waals surface area contributed by atoms with E-state index in [0.717, 1.165) is 32.0 Å². The Labute approximate surface area is 141 Å². The van der Waals surface area contributed by atoms with Crippen LogP contribution < -0.4 is 0 Å². The van der Waals surface area contributed by atoms with Gasteiger partial charge < -0.3 is 10.2 Å². The van der Waals surface area contributed by atoms with E-state index in [4.69, 9.17) is 0 Å². The lowest BCUT2D eigenvalue weighted by Crippen LogP contribution is -1.88. The van der Waals surface area contributed by atoms with E-state index in [1.54, 1.807) is 18.5 Å². The Balaban J connectivity index is 2.05. The van der Waals surface area contributed by atoms with Gasteiger partial charge in [-0.05, 0) is 23.1 Å². The summed E-state index contributed by atoms with van der Waals surface area (Å²) in [5.41, 5.74) is 2.53. The number of fused-ring (bicyclic) bond motifs is 2. The molecule has 0 saturated heterocycles. The Hall–Kier alpha value is -2.78. The van der Waals surface area contributed by atoms with Gasteiger partial charge in [0, 0.05) is 33.4 Å². The van der Waals surface area contributed by atoms with Crippen LogP contribution in [0.2, 0.25) is 0 Å². The molecular weight excluding hydrogens is 320 g/mol. The Kier molecular flexibility index (Phi) is 3.51. The molecule has 0 aliphatic carbocycles. The number of aliphatic hydroxyl groups excluding tert-OH is 1. The van der Waals surface area contributed by atoms with Gasteiger partial charge in [0.2, 0.25) is 0 Å². The molecular formula is C19H12N2O2S. The van der Waals surface area contributed by atoms with E-state index in [9.17, 15) is 15.5 Å². The molecule has 116 valence electrons. The molecule has 0 aliphatic rings. The van der Waals surface area contributed by atoms with E-state index in [2.05, 4.69) is 11.1 Å². The maximum atomic E-state index is 9.44. The molecule has 0 aliphatic heterocycles. The molecule has 0 amide bonds. The number of aliphatic hydroxyl groups is 2. The number of benzene rings is 2. The molecule has 0 radical (unpaired) electrons. The normalized spacial score (nSPS) is 11.2. The average Bonchev–Trinajstić information content (AvgIpc) is 3.05. The van der Waals surface area contributed by atoms with Gasteiger partial charge in [-0.3, -0.25) is 4.98 Å². The number of hydrogen-bond donors (Lipinski definition) is 2. The molecule has 2 heterocycles. The van der Waals surface area contributed by atoms with Crippen LogP contribution in [0, 0.1) is 11.3 Å². The maximum Gasteiger partial charge on any atom is 0.188 e. The van der Waals surface area contributed by atoms with Crippen LogP contribution in [0.15, 0.2) is 54.9 Å². The van der Waals surface area contributed by atoms with Crippen molar-refractivity contribution in [2.45, 2.75) is 6.29 Å². The smallest absolute Gasteiger partial charge is 0.188 e. The van der Waals surface area contributed by atoms with Crippen molar-refractivity contribution in [1.82, 2.24) is 4.98 Å². The van der Waals surface area contributed by atoms with Crippen molar-refractivity contribution in [3.63, 3.8) is 0 Å². The van der Waals surface area contributed by atoms with Crippen molar-refractivity contribution >= 4 is 32.2 Å². The first-order chi connectivity index (χ1) is 11.7. The summed E-state index contributed by atoms with van der Waals surface area (Å²) in [4.78, 5) is 4.77. The molecule has 0 unspecified atom stereocenters. The van der Waals surface area contributed by atoms with Gasteiger partial charge in [-0.2, -0.15) is 5.26 Å². The molecule has 0 spiro atoms. The van der Waals surface area contributed by atoms with Crippen LogP contribution in [0.25, 0.3) is 32.0 Å². The fourth-order valence-corrected chi connectivity index (χ4v) is 3.96. The largest absolute Gasteiger partial charge is 0.364 e. The van der Waals surface area contributed by atoms with E-state index in [-0.39, 0.29) is 0 Å². The number of nitrogens with zero attached hydrogens (tertiary/aromatic N) is 2. The highest BCUT2D eigenvalue weighted by Crippen LogP contribution is 2.39. The number of nitriles is 1. The van der Waals surface area contributed by atoms with Crippen molar-refractivity contribution in [2.24, 2.45) is 0 Å².